The molecule has 4 aromatic heterocycles. The van der Waals surface area contributed by atoms with Crippen LogP contribution in [0.1, 0.15) is 20.3 Å². The first-order valence-corrected chi connectivity index (χ1v) is 8.15. The van der Waals surface area contributed by atoms with Crippen LogP contribution in [0.25, 0.3) is 27.9 Å². The van der Waals surface area contributed by atoms with Crippen LogP contribution in [0.2, 0.25) is 5.15 Å². The second-order valence-electron chi connectivity index (χ2n) is 5.68. The third-order valence-electron chi connectivity index (χ3n) is 4.02. The molecule has 0 aliphatic heterocycles. The Hall–Kier alpha value is -2.67. The van der Waals surface area contributed by atoms with E-state index in [9.17, 15) is 0 Å². The van der Waals surface area contributed by atoms with Crippen molar-refractivity contribution >= 4 is 34.2 Å². The second kappa shape index (κ2) is 5.76. The number of anilines is 1. The molecular weight excluding hydrogens is 326 g/mol. The standard InChI is InChI=1S/C16H16ClN7/c1-3-9(2)21-16-20-7-11-10(6-19-15(11)22-16)12-4-5-14-18-8-13(17)24(14)23-12/h4-9H,3H2,1-2H3,(H2,19,20,21,22)/t9-/m0/s1. The van der Waals surface area contributed by atoms with Crippen molar-refractivity contribution in [3.05, 3.63) is 35.9 Å². The van der Waals surface area contributed by atoms with Crippen LogP contribution in [0.5, 0.6) is 0 Å². The zero-order valence-electron chi connectivity index (χ0n) is 13.3. The minimum atomic E-state index is 0.323. The van der Waals surface area contributed by atoms with Gasteiger partial charge in [0.15, 0.2) is 10.8 Å². The lowest BCUT2D eigenvalue weighted by atomic mass is 10.2. The Morgan fingerprint density at radius 2 is 2.17 bits per heavy atom. The SMILES string of the molecule is CC[C@H](C)Nc1ncc2c(-c3ccc4ncc(Cl)n4n3)c[nH]c2n1. The summed E-state index contributed by atoms with van der Waals surface area (Å²) in [7, 11) is 0. The van der Waals surface area contributed by atoms with E-state index in [0.29, 0.717) is 22.8 Å². The Morgan fingerprint density at radius 1 is 1.29 bits per heavy atom. The quantitative estimate of drug-likeness (QED) is 0.593. The van der Waals surface area contributed by atoms with Gasteiger partial charge in [-0.2, -0.15) is 10.1 Å². The molecule has 0 aliphatic rings. The van der Waals surface area contributed by atoms with Crippen LogP contribution in [0, 0.1) is 0 Å². The maximum atomic E-state index is 6.10. The van der Waals surface area contributed by atoms with Gasteiger partial charge in [-0.15, -0.1) is 0 Å². The molecule has 0 bridgehead atoms. The number of hydrogen-bond acceptors (Lipinski definition) is 5. The topological polar surface area (TPSA) is 83.8 Å². The largest absolute Gasteiger partial charge is 0.352 e. The van der Waals surface area contributed by atoms with E-state index in [1.165, 1.54) is 0 Å². The molecule has 1 atom stereocenters. The summed E-state index contributed by atoms with van der Waals surface area (Å²) in [6.45, 7) is 4.22. The second-order valence-corrected chi connectivity index (χ2v) is 6.07. The third-order valence-corrected chi connectivity index (χ3v) is 4.27. The molecule has 0 amide bonds. The van der Waals surface area contributed by atoms with Crippen molar-refractivity contribution in [1.82, 2.24) is 29.5 Å². The first-order valence-electron chi connectivity index (χ1n) is 7.77. The van der Waals surface area contributed by atoms with Gasteiger partial charge >= 0.3 is 0 Å². The van der Waals surface area contributed by atoms with E-state index < -0.39 is 0 Å². The summed E-state index contributed by atoms with van der Waals surface area (Å²) in [5.41, 5.74) is 3.18. The van der Waals surface area contributed by atoms with Gasteiger partial charge in [-0.1, -0.05) is 18.5 Å². The number of nitrogens with zero attached hydrogens (tertiary/aromatic N) is 5. The van der Waals surface area contributed by atoms with E-state index in [1.807, 2.05) is 18.3 Å². The van der Waals surface area contributed by atoms with E-state index in [-0.39, 0.29) is 0 Å². The average molecular weight is 342 g/mol. The van der Waals surface area contributed by atoms with Crippen molar-refractivity contribution in [1.29, 1.82) is 0 Å². The molecule has 0 saturated carbocycles. The zero-order valence-corrected chi connectivity index (χ0v) is 14.0. The molecule has 0 spiro atoms. The van der Waals surface area contributed by atoms with Crippen LogP contribution in [0.3, 0.4) is 0 Å². The van der Waals surface area contributed by atoms with Crippen molar-refractivity contribution < 1.29 is 0 Å². The Kier molecular flexibility index (Phi) is 3.57. The Balaban J connectivity index is 1.77. The molecule has 0 fully saturated rings. The smallest absolute Gasteiger partial charge is 0.224 e. The number of halogens is 1. The molecule has 8 heteroatoms. The summed E-state index contributed by atoms with van der Waals surface area (Å²) in [6.07, 6.45) is 6.28. The van der Waals surface area contributed by atoms with Gasteiger partial charge in [-0.25, -0.2) is 14.5 Å². The molecule has 4 heterocycles. The third kappa shape index (κ3) is 2.46. The van der Waals surface area contributed by atoms with E-state index in [4.69, 9.17) is 11.6 Å². The minimum absolute atomic E-state index is 0.323. The molecular formula is C16H16ClN7. The number of imidazole rings is 1. The molecule has 2 N–H and O–H groups in total. The number of aromatic nitrogens is 6. The van der Waals surface area contributed by atoms with E-state index in [0.717, 1.165) is 28.7 Å². The zero-order chi connectivity index (χ0) is 16.7. The van der Waals surface area contributed by atoms with Gasteiger partial charge in [0.1, 0.15) is 5.65 Å². The summed E-state index contributed by atoms with van der Waals surface area (Å²) >= 11 is 6.10. The van der Waals surface area contributed by atoms with Gasteiger partial charge in [-0.05, 0) is 25.5 Å². The highest BCUT2D eigenvalue weighted by Gasteiger charge is 2.12. The number of nitrogens with one attached hydrogen (secondary N) is 2. The summed E-state index contributed by atoms with van der Waals surface area (Å²) in [5, 5.41) is 9.20. The lowest BCUT2D eigenvalue weighted by molar-refractivity contribution is 0.754. The Bertz CT molecular complexity index is 1020. The molecule has 24 heavy (non-hydrogen) atoms. The first-order chi connectivity index (χ1) is 11.7. The monoisotopic (exact) mass is 341 g/mol. The maximum absolute atomic E-state index is 6.10. The van der Waals surface area contributed by atoms with Gasteiger partial charge in [0.05, 0.1) is 11.9 Å². The van der Waals surface area contributed by atoms with Crippen molar-refractivity contribution in [2.24, 2.45) is 0 Å². The fourth-order valence-electron chi connectivity index (χ4n) is 2.50. The van der Waals surface area contributed by atoms with Crippen LogP contribution in [0.4, 0.5) is 5.95 Å². The molecule has 0 unspecified atom stereocenters. The Labute approximate surface area is 143 Å². The normalized spacial score (nSPS) is 12.8. The average Bonchev–Trinajstić information content (AvgIpc) is 3.18. The van der Waals surface area contributed by atoms with Crippen molar-refractivity contribution in [3.8, 4) is 11.3 Å². The number of aromatic amines is 1. The van der Waals surface area contributed by atoms with Crippen LogP contribution >= 0.6 is 11.6 Å². The molecule has 0 saturated heterocycles. The predicted octanol–water partition coefficient (Wildman–Crippen LogP) is 3.53. The molecule has 122 valence electrons. The highest BCUT2D eigenvalue weighted by Crippen LogP contribution is 2.27. The predicted molar refractivity (Wildman–Crippen MR) is 94.3 cm³/mol. The van der Waals surface area contributed by atoms with Gasteiger partial charge in [-0.3, -0.25) is 0 Å². The van der Waals surface area contributed by atoms with Crippen LogP contribution in [-0.2, 0) is 0 Å². The van der Waals surface area contributed by atoms with Gasteiger partial charge < -0.3 is 10.3 Å². The highest BCUT2D eigenvalue weighted by molar-refractivity contribution is 6.29. The van der Waals surface area contributed by atoms with Crippen molar-refractivity contribution in [3.63, 3.8) is 0 Å². The summed E-state index contributed by atoms with van der Waals surface area (Å²) in [6, 6.07) is 4.11. The molecule has 4 rings (SSSR count). The van der Waals surface area contributed by atoms with Crippen molar-refractivity contribution in [2.45, 2.75) is 26.3 Å². The summed E-state index contributed by atoms with van der Waals surface area (Å²) in [5.74, 6) is 0.617. The number of hydrogen-bond donors (Lipinski definition) is 2. The van der Waals surface area contributed by atoms with Crippen LogP contribution in [-0.4, -0.2) is 35.6 Å². The van der Waals surface area contributed by atoms with Gasteiger partial charge in [0, 0.05) is 29.4 Å². The molecule has 0 radical (unpaired) electrons. The summed E-state index contributed by atoms with van der Waals surface area (Å²) in [4.78, 5) is 16.3. The Morgan fingerprint density at radius 3 is 3.00 bits per heavy atom. The number of H-pyrrole nitrogens is 1. The van der Waals surface area contributed by atoms with Gasteiger partial charge in [0.25, 0.3) is 0 Å². The highest BCUT2D eigenvalue weighted by atomic mass is 35.5. The first kappa shape index (κ1) is 14.9. The molecule has 0 aromatic carbocycles. The lowest BCUT2D eigenvalue weighted by Gasteiger charge is -2.10. The fourth-order valence-corrected chi connectivity index (χ4v) is 2.67. The number of fused-ring (bicyclic) bond motifs is 2. The fraction of sp³-hybridized carbons (Fsp3) is 0.250. The minimum Gasteiger partial charge on any atom is -0.352 e. The van der Waals surface area contributed by atoms with Crippen LogP contribution < -0.4 is 5.32 Å². The number of rotatable bonds is 4. The summed E-state index contributed by atoms with van der Waals surface area (Å²) < 4.78 is 1.61. The molecule has 7 nitrogen and oxygen atoms in total. The van der Waals surface area contributed by atoms with E-state index in [1.54, 1.807) is 16.9 Å². The van der Waals surface area contributed by atoms with E-state index in [2.05, 4.69) is 44.2 Å². The van der Waals surface area contributed by atoms with Gasteiger partial charge in [0.2, 0.25) is 5.95 Å². The van der Waals surface area contributed by atoms with Crippen molar-refractivity contribution in [2.75, 3.05) is 5.32 Å². The lowest BCUT2D eigenvalue weighted by Crippen LogP contribution is -2.15. The molecule has 4 aromatic rings. The molecule has 0 aliphatic carbocycles. The maximum Gasteiger partial charge on any atom is 0.224 e. The van der Waals surface area contributed by atoms with E-state index >= 15 is 0 Å². The van der Waals surface area contributed by atoms with Crippen LogP contribution in [0.15, 0.2) is 30.7 Å².